The molecule has 2 rings (SSSR count). The minimum atomic E-state index is -0.453. The molecule has 0 aliphatic rings. The van der Waals surface area contributed by atoms with E-state index in [1.807, 2.05) is 0 Å². The Morgan fingerprint density at radius 1 is 1.04 bits per heavy atom. The predicted octanol–water partition coefficient (Wildman–Crippen LogP) is 4.22. The topological polar surface area (TPSA) is 67.4 Å². The molecule has 5 nitrogen and oxygen atoms in total. The molecule has 0 spiro atoms. The van der Waals surface area contributed by atoms with Crippen molar-refractivity contribution in [1.82, 2.24) is 0 Å². The Morgan fingerprint density at radius 2 is 1.75 bits per heavy atom. The summed E-state index contributed by atoms with van der Waals surface area (Å²) in [4.78, 5) is 23.4. The fourth-order valence-electron chi connectivity index (χ4n) is 2.04. The van der Waals surface area contributed by atoms with Gasteiger partial charge < -0.3 is 15.4 Å². The zero-order valence-corrected chi connectivity index (χ0v) is 14.4. The van der Waals surface area contributed by atoms with Gasteiger partial charge in [0.2, 0.25) is 5.91 Å². The molecule has 0 heterocycles. The van der Waals surface area contributed by atoms with Gasteiger partial charge in [0.1, 0.15) is 0 Å². The van der Waals surface area contributed by atoms with E-state index in [1.54, 1.807) is 42.5 Å². The highest BCUT2D eigenvalue weighted by atomic mass is 35.5. The molecule has 0 fully saturated rings. The van der Waals surface area contributed by atoms with Crippen LogP contribution >= 0.6 is 23.2 Å². The molecule has 24 heavy (non-hydrogen) atoms. The first-order valence-corrected chi connectivity index (χ1v) is 7.92. The second-order valence-corrected chi connectivity index (χ2v) is 5.83. The molecule has 0 bridgehead atoms. The zero-order chi connectivity index (χ0) is 17.5. The molecule has 0 unspecified atom stereocenters. The summed E-state index contributed by atoms with van der Waals surface area (Å²) >= 11 is 11.8. The van der Waals surface area contributed by atoms with Crippen LogP contribution in [0.25, 0.3) is 0 Å². The van der Waals surface area contributed by atoms with Gasteiger partial charge >= 0.3 is 5.97 Å². The summed E-state index contributed by atoms with van der Waals surface area (Å²) in [5, 5.41) is 6.85. The zero-order valence-electron chi connectivity index (χ0n) is 12.9. The first-order valence-electron chi connectivity index (χ1n) is 7.16. The second kappa shape index (κ2) is 8.57. The number of ether oxygens (including phenoxy) is 1. The fourth-order valence-corrected chi connectivity index (χ4v) is 2.57. The maximum absolute atomic E-state index is 12.0. The molecule has 126 valence electrons. The third-order valence-corrected chi connectivity index (χ3v) is 3.55. The van der Waals surface area contributed by atoms with Crippen molar-refractivity contribution in [2.75, 3.05) is 24.3 Å². The molecule has 0 saturated heterocycles. The largest absolute Gasteiger partial charge is 0.465 e. The van der Waals surface area contributed by atoms with Gasteiger partial charge in [-0.05, 0) is 36.4 Å². The van der Waals surface area contributed by atoms with Gasteiger partial charge in [-0.2, -0.15) is 0 Å². The maximum atomic E-state index is 12.0. The lowest BCUT2D eigenvalue weighted by Gasteiger charge is -2.09. The Balaban J connectivity index is 1.86. The summed E-state index contributed by atoms with van der Waals surface area (Å²) in [6, 6.07) is 11.6. The number of esters is 1. The molecule has 2 N–H and O–H groups in total. The molecule has 0 aliphatic carbocycles. The van der Waals surface area contributed by atoms with Crippen LogP contribution < -0.4 is 10.6 Å². The Morgan fingerprint density at radius 3 is 2.42 bits per heavy atom. The van der Waals surface area contributed by atoms with E-state index in [9.17, 15) is 9.59 Å². The van der Waals surface area contributed by atoms with Crippen molar-refractivity contribution in [3.05, 3.63) is 58.1 Å². The molecule has 0 saturated carbocycles. The van der Waals surface area contributed by atoms with E-state index in [2.05, 4.69) is 15.4 Å². The van der Waals surface area contributed by atoms with Crippen molar-refractivity contribution in [2.24, 2.45) is 0 Å². The van der Waals surface area contributed by atoms with Crippen molar-refractivity contribution in [3.8, 4) is 0 Å². The molecule has 0 radical (unpaired) electrons. The lowest BCUT2D eigenvalue weighted by molar-refractivity contribution is -0.115. The number of hydrogen-bond acceptors (Lipinski definition) is 4. The van der Waals surface area contributed by atoms with Crippen LogP contribution in [0.15, 0.2) is 42.5 Å². The van der Waals surface area contributed by atoms with Crippen molar-refractivity contribution < 1.29 is 14.3 Å². The number of amides is 1. The number of anilines is 2. The van der Waals surface area contributed by atoms with E-state index in [0.717, 1.165) is 5.69 Å². The van der Waals surface area contributed by atoms with Gasteiger partial charge in [0.25, 0.3) is 0 Å². The van der Waals surface area contributed by atoms with Crippen molar-refractivity contribution >= 4 is 46.5 Å². The highest BCUT2D eigenvalue weighted by Gasteiger charge is 2.08. The van der Waals surface area contributed by atoms with Gasteiger partial charge in [0, 0.05) is 34.4 Å². The number of halogens is 2. The second-order valence-electron chi connectivity index (χ2n) is 4.96. The molecular weight excluding hydrogens is 351 g/mol. The van der Waals surface area contributed by atoms with E-state index >= 15 is 0 Å². The molecule has 0 atom stereocenters. The maximum Gasteiger partial charge on any atom is 0.337 e. The number of carbonyl (C=O) groups excluding carboxylic acids is 2. The van der Waals surface area contributed by atoms with Gasteiger partial charge in [0.05, 0.1) is 12.7 Å². The Bertz CT molecular complexity index is 730. The molecule has 0 aromatic heterocycles. The molecule has 0 aliphatic heterocycles. The predicted molar refractivity (Wildman–Crippen MR) is 96.0 cm³/mol. The molecule has 2 aromatic carbocycles. The lowest BCUT2D eigenvalue weighted by atomic mass is 10.2. The number of methoxy groups -OCH3 is 1. The lowest BCUT2D eigenvalue weighted by Crippen LogP contribution is -2.16. The van der Waals surface area contributed by atoms with Crippen LogP contribution in [-0.4, -0.2) is 25.5 Å². The monoisotopic (exact) mass is 366 g/mol. The minimum absolute atomic E-state index is 0.183. The normalized spacial score (nSPS) is 10.1. The number of carbonyl (C=O) groups is 2. The van der Waals surface area contributed by atoms with Crippen LogP contribution in [0.2, 0.25) is 10.0 Å². The number of nitrogens with one attached hydrogen (secondary N) is 2. The third-order valence-electron chi connectivity index (χ3n) is 3.11. The average Bonchev–Trinajstić information content (AvgIpc) is 2.53. The Hall–Kier alpha value is -2.24. The van der Waals surface area contributed by atoms with Crippen LogP contribution in [0.3, 0.4) is 0 Å². The summed E-state index contributed by atoms with van der Waals surface area (Å²) in [6.07, 6.45) is 0.243. The van der Waals surface area contributed by atoms with E-state index in [0.29, 0.717) is 27.8 Å². The first-order chi connectivity index (χ1) is 11.5. The molecule has 1 amide bonds. The smallest absolute Gasteiger partial charge is 0.337 e. The summed E-state index contributed by atoms with van der Waals surface area (Å²) in [5.74, 6) is -0.636. The standard InChI is InChI=1S/C17H16Cl2N2O3/c1-24-17(23)11-3-2-4-14(7-11)21-16(22)5-6-20-15-9-12(18)8-13(19)10-15/h2-4,7-10,20H,5-6H2,1H3,(H,21,22). The van der Waals surface area contributed by atoms with Crippen LogP contribution in [0.1, 0.15) is 16.8 Å². The molecule has 2 aromatic rings. The highest BCUT2D eigenvalue weighted by molar-refractivity contribution is 6.35. The number of benzene rings is 2. The van der Waals surface area contributed by atoms with Crippen LogP contribution in [-0.2, 0) is 9.53 Å². The quantitative estimate of drug-likeness (QED) is 0.751. The van der Waals surface area contributed by atoms with E-state index < -0.39 is 5.97 Å². The van der Waals surface area contributed by atoms with E-state index in [-0.39, 0.29) is 12.3 Å². The van der Waals surface area contributed by atoms with Gasteiger partial charge in [0.15, 0.2) is 0 Å². The van der Waals surface area contributed by atoms with Gasteiger partial charge in [-0.15, -0.1) is 0 Å². The summed E-state index contributed by atoms with van der Waals surface area (Å²) < 4.78 is 4.65. The molecular formula is C17H16Cl2N2O3. The van der Waals surface area contributed by atoms with Gasteiger partial charge in [-0.25, -0.2) is 4.79 Å². The van der Waals surface area contributed by atoms with Crippen molar-refractivity contribution in [3.63, 3.8) is 0 Å². The van der Waals surface area contributed by atoms with Gasteiger partial charge in [-0.3, -0.25) is 4.79 Å². The summed E-state index contributed by atoms with van der Waals surface area (Å²) in [7, 11) is 1.31. The number of hydrogen-bond donors (Lipinski definition) is 2. The van der Waals surface area contributed by atoms with Crippen LogP contribution in [0.5, 0.6) is 0 Å². The SMILES string of the molecule is COC(=O)c1cccc(NC(=O)CCNc2cc(Cl)cc(Cl)c2)c1. The van der Waals surface area contributed by atoms with Crippen LogP contribution in [0.4, 0.5) is 11.4 Å². The van der Waals surface area contributed by atoms with E-state index in [1.165, 1.54) is 7.11 Å². The summed E-state index contributed by atoms with van der Waals surface area (Å²) in [5.41, 5.74) is 1.66. The third kappa shape index (κ3) is 5.44. The van der Waals surface area contributed by atoms with Crippen molar-refractivity contribution in [2.45, 2.75) is 6.42 Å². The van der Waals surface area contributed by atoms with Gasteiger partial charge in [-0.1, -0.05) is 29.3 Å². The highest BCUT2D eigenvalue weighted by Crippen LogP contribution is 2.22. The summed E-state index contributed by atoms with van der Waals surface area (Å²) in [6.45, 7) is 0.416. The Labute approximate surface area is 149 Å². The first kappa shape index (κ1) is 18.1. The minimum Gasteiger partial charge on any atom is -0.465 e. The number of rotatable bonds is 6. The Kier molecular flexibility index (Phi) is 6.46. The van der Waals surface area contributed by atoms with Crippen LogP contribution in [0, 0.1) is 0 Å². The average molecular weight is 367 g/mol. The molecule has 7 heteroatoms. The van der Waals surface area contributed by atoms with E-state index in [4.69, 9.17) is 23.2 Å². The van der Waals surface area contributed by atoms with Crippen molar-refractivity contribution in [1.29, 1.82) is 0 Å². The fraction of sp³-hybridized carbons (Fsp3) is 0.176.